The van der Waals surface area contributed by atoms with Crippen molar-refractivity contribution in [2.45, 2.75) is 16.7 Å². The summed E-state index contributed by atoms with van der Waals surface area (Å²) in [5, 5.41) is 0. The fourth-order valence-corrected chi connectivity index (χ4v) is 2.96. The van der Waals surface area contributed by atoms with Crippen LogP contribution in [-0.2, 0) is 20.2 Å². The average Bonchev–Trinajstić information content (AvgIpc) is 2.38. The Labute approximate surface area is 122 Å². The Bertz CT molecular complexity index is 835. The summed E-state index contributed by atoms with van der Waals surface area (Å²) in [6.07, 6.45) is 0. The van der Waals surface area contributed by atoms with E-state index in [1.165, 1.54) is 12.1 Å². The van der Waals surface area contributed by atoms with Crippen LogP contribution in [0.3, 0.4) is 0 Å². The van der Waals surface area contributed by atoms with Crippen molar-refractivity contribution in [1.29, 1.82) is 0 Å². The lowest BCUT2D eigenvalue weighted by Crippen LogP contribution is -2.09. The van der Waals surface area contributed by atoms with Crippen molar-refractivity contribution in [3.63, 3.8) is 0 Å². The topological polar surface area (TPSA) is 97.7 Å². The molecule has 0 aromatic heterocycles. The largest absolute Gasteiger partial charge is 0.379 e. The Kier molecular flexibility index (Phi) is 4.04. The van der Waals surface area contributed by atoms with Gasteiger partial charge in [0.1, 0.15) is 10.6 Å². The van der Waals surface area contributed by atoms with Gasteiger partial charge in [0, 0.05) is 0 Å². The Balaban J connectivity index is 2.27. The molecule has 0 saturated heterocycles. The molecular formula is C13H12O6S2. The second-order valence-corrected chi connectivity index (χ2v) is 7.26. The fraction of sp³-hybridized carbons (Fsp3) is 0.0769. The first-order chi connectivity index (χ1) is 9.68. The molecule has 0 atom stereocenters. The van der Waals surface area contributed by atoms with Crippen LogP contribution in [0, 0.1) is 6.92 Å². The normalized spacial score (nSPS) is 12.1. The van der Waals surface area contributed by atoms with E-state index in [1.807, 2.05) is 6.92 Å². The summed E-state index contributed by atoms with van der Waals surface area (Å²) in [6.45, 7) is 1.82. The van der Waals surface area contributed by atoms with Crippen molar-refractivity contribution in [1.82, 2.24) is 0 Å². The Morgan fingerprint density at radius 1 is 0.810 bits per heavy atom. The monoisotopic (exact) mass is 328 g/mol. The van der Waals surface area contributed by atoms with E-state index in [4.69, 9.17) is 8.74 Å². The van der Waals surface area contributed by atoms with Crippen molar-refractivity contribution < 1.29 is 25.6 Å². The minimum atomic E-state index is -4.33. The third-order valence-corrected chi connectivity index (χ3v) is 4.77. The number of aryl methyl sites for hydroxylation is 1. The molecule has 2 rings (SSSR count). The van der Waals surface area contributed by atoms with E-state index in [1.54, 1.807) is 12.1 Å². The first kappa shape index (κ1) is 15.5. The van der Waals surface area contributed by atoms with Crippen molar-refractivity contribution >= 4 is 20.2 Å². The van der Waals surface area contributed by atoms with Gasteiger partial charge in [-0.05, 0) is 43.3 Å². The van der Waals surface area contributed by atoms with E-state index in [9.17, 15) is 16.8 Å². The van der Waals surface area contributed by atoms with E-state index in [0.29, 0.717) is 0 Å². The predicted octanol–water partition coefficient (Wildman–Crippen LogP) is 2.01. The zero-order valence-corrected chi connectivity index (χ0v) is 12.6. The molecule has 112 valence electrons. The summed E-state index contributed by atoms with van der Waals surface area (Å²) >= 11 is 0. The maximum absolute atomic E-state index is 12.0. The zero-order chi connectivity index (χ0) is 15.7. The van der Waals surface area contributed by atoms with Gasteiger partial charge >= 0.3 is 10.1 Å². The smallest absolute Gasteiger partial charge is 0.339 e. The molecule has 2 aromatic carbocycles. The molecule has 1 N–H and O–H groups in total. The summed E-state index contributed by atoms with van der Waals surface area (Å²) in [4.78, 5) is -0.352. The standard InChI is InChI=1S/C13H12O6S2/c1-10-2-6-13(7-3-10)21(17,18)19-11-4-8-12(9-5-11)20(14,15)16/h2-9H,1H3,(H,14,15,16). The molecule has 0 fully saturated rings. The molecule has 6 nitrogen and oxygen atoms in total. The van der Waals surface area contributed by atoms with Crippen LogP contribution >= 0.6 is 0 Å². The van der Waals surface area contributed by atoms with Gasteiger partial charge in [0.25, 0.3) is 10.1 Å². The molecule has 0 saturated carbocycles. The SMILES string of the molecule is Cc1ccc(S(=O)(=O)Oc2ccc(S(=O)(=O)O)cc2)cc1. The third kappa shape index (κ3) is 3.81. The van der Waals surface area contributed by atoms with Crippen molar-refractivity contribution in [2.75, 3.05) is 0 Å². The van der Waals surface area contributed by atoms with Gasteiger partial charge < -0.3 is 4.18 Å². The van der Waals surface area contributed by atoms with Crippen LogP contribution in [0.4, 0.5) is 0 Å². The lowest BCUT2D eigenvalue weighted by Gasteiger charge is -2.07. The minimum Gasteiger partial charge on any atom is -0.379 e. The molecule has 0 spiro atoms. The maximum atomic E-state index is 12.0. The quantitative estimate of drug-likeness (QED) is 0.681. The highest BCUT2D eigenvalue weighted by Gasteiger charge is 2.17. The Morgan fingerprint density at radius 3 is 1.76 bits per heavy atom. The van der Waals surface area contributed by atoms with Crippen LogP contribution in [-0.4, -0.2) is 21.4 Å². The number of hydrogen-bond acceptors (Lipinski definition) is 5. The van der Waals surface area contributed by atoms with E-state index < -0.39 is 20.2 Å². The molecule has 21 heavy (non-hydrogen) atoms. The molecule has 0 aliphatic heterocycles. The highest BCUT2D eigenvalue weighted by molar-refractivity contribution is 7.87. The zero-order valence-electron chi connectivity index (χ0n) is 10.9. The molecule has 0 radical (unpaired) electrons. The van der Waals surface area contributed by atoms with Crippen molar-refractivity contribution in [2.24, 2.45) is 0 Å². The van der Waals surface area contributed by atoms with Gasteiger partial charge in [0.2, 0.25) is 0 Å². The molecule has 8 heteroatoms. The van der Waals surface area contributed by atoms with Gasteiger partial charge in [-0.2, -0.15) is 16.8 Å². The fourth-order valence-electron chi connectivity index (χ4n) is 1.55. The summed E-state index contributed by atoms with van der Waals surface area (Å²) < 4.78 is 59.5. The molecule has 0 unspecified atom stereocenters. The van der Waals surface area contributed by atoms with Crippen LogP contribution in [0.15, 0.2) is 58.3 Å². The molecule has 0 bridgehead atoms. The van der Waals surface area contributed by atoms with E-state index in [0.717, 1.165) is 29.8 Å². The average molecular weight is 328 g/mol. The lowest BCUT2D eigenvalue weighted by atomic mass is 10.2. The van der Waals surface area contributed by atoms with Gasteiger partial charge in [0.05, 0.1) is 4.90 Å². The van der Waals surface area contributed by atoms with Crippen molar-refractivity contribution in [3.8, 4) is 5.75 Å². The summed E-state index contributed by atoms with van der Waals surface area (Å²) in [6, 6.07) is 10.5. The number of benzene rings is 2. The Morgan fingerprint density at radius 2 is 1.29 bits per heavy atom. The van der Waals surface area contributed by atoms with Crippen LogP contribution in [0.2, 0.25) is 0 Å². The van der Waals surface area contributed by atoms with Gasteiger partial charge in [-0.25, -0.2) is 0 Å². The second-order valence-electron chi connectivity index (χ2n) is 4.30. The van der Waals surface area contributed by atoms with Gasteiger partial charge in [0.15, 0.2) is 0 Å². The first-order valence-electron chi connectivity index (χ1n) is 5.77. The summed E-state index contributed by atoms with van der Waals surface area (Å²) in [5.74, 6) is -0.0528. The van der Waals surface area contributed by atoms with E-state index in [-0.39, 0.29) is 15.5 Å². The minimum absolute atomic E-state index is 0.00745. The van der Waals surface area contributed by atoms with Crippen LogP contribution < -0.4 is 4.18 Å². The maximum Gasteiger partial charge on any atom is 0.339 e. The number of hydrogen-bond donors (Lipinski definition) is 1. The molecule has 0 aliphatic carbocycles. The second kappa shape index (κ2) is 5.47. The summed E-state index contributed by atoms with van der Waals surface area (Å²) in [7, 11) is -8.32. The highest BCUT2D eigenvalue weighted by atomic mass is 32.2. The molecule has 0 aliphatic rings. The molecule has 0 heterocycles. The highest BCUT2D eigenvalue weighted by Crippen LogP contribution is 2.21. The number of rotatable bonds is 4. The van der Waals surface area contributed by atoms with Crippen LogP contribution in [0.5, 0.6) is 5.75 Å². The van der Waals surface area contributed by atoms with Crippen molar-refractivity contribution in [3.05, 3.63) is 54.1 Å². The van der Waals surface area contributed by atoms with Crippen LogP contribution in [0.1, 0.15) is 5.56 Å². The first-order valence-corrected chi connectivity index (χ1v) is 8.62. The van der Waals surface area contributed by atoms with Gasteiger partial charge in [-0.15, -0.1) is 0 Å². The van der Waals surface area contributed by atoms with E-state index in [2.05, 4.69) is 0 Å². The predicted molar refractivity (Wildman–Crippen MR) is 75.2 cm³/mol. The lowest BCUT2D eigenvalue weighted by molar-refractivity contribution is 0.482. The molecular weight excluding hydrogens is 316 g/mol. The van der Waals surface area contributed by atoms with Gasteiger partial charge in [-0.1, -0.05) is 17.7 Å². The van der Waals surface area contributed by atoms with Gasteiger partial charge in [-0.3, -0.25) is 4.55 Å². The third-order valence-electron chi connectivity index (χ3n) is 2.64. The molecule has 2 aromatic rings. The van der Waals surface area contributed by atoms with E-state index >= 15 is 0 Å². The summed E-state index contributed by atoms with van der Waals surface area (Å²) in [5.41, 5.74) is 0.909. The Hall–Kier alpha value is -1.90. The molecule has 0 amide bonds. The van der Waals surface area contributed by atoms with Crippen LogP contribution in [0.25, 0.3) is 0 Å².